The number of hydrogen-bond donors (Lipinski definition) is 6. The Morgan fingerprint density at radius 1 is 1.00 bits per heavy atom. The molecule has 0 fully saturated rings. The number of nitrogens with one attached hydrogen (secondary N) is 2. The number of hydrogen-bond acceptors (Lipinski definition) is 10. The predicted octanol–water partition coefficient (Wildman–Crippen LogP) is -0.517. The molecule has 13 nitrogen and oxygen atoms in total. The van der Waals surface area contributed by atoms with Crippen molar-refractivity contribution in [2.75, 3.05) is 16.8 Å². The molecule has 0 aliphatic rings. The van der Waals surface area contributed by atoms with Crippen LogP contribution in [0.15, 0.2) is 30.5 Å². The summed E-state index contributed by atoms with van der Waals surface area (Å²) in [6.45, 7) is 0.300. The van der Waals surface area contributed by atoms with E-state index in [1.165, 1.54) is 18.3 Å². The minimum atomic E-state index is -1.30. The number of nitrogens with two attached hydrogens (primary N) is 2. The first-order valence-corrected chi connectivity index (χ1v) is 9.37. The molecule has 0 bridgehead atoms. The molecule has 0 saturated carbocycles. The number of carbonyl (C=O) groups is 3. The van der Waals surface area contributed by atoms with E-state index in [9.17, 15) is 14.4 Å². The van der Waals surface area contributed by atoms with Gasteiger partial charge in [0.25, 0.3) is 5.91 Å². The maximum absolute atomic E-state index is 12.3. The van der Waals surface area contributed by atoms with Crippen molar-refractivity contribution in [2.45, 2.75) is 25.4 Å². The molecule has 0 unspecified atom stereocenters. The Balaban J connectivity index is 0.00000289. The monoisotopic (exact) mass is 486 g/mol. The van der Waals surface area contributed by atoms with Gasteiger partial charge in [-0.3, -0.25) is 9.59 Å². The van der Waals surface area contributed by atoms with E-state index in [0.29, 0.717) is 23.4 Å². The van der Waals surface area contributed by atoms with Gasteiger partial charge in [0.1, 0.15) is 6.04 Å². The summed E-state index contributed by atoms with van der Waals surface area (Å²) in [7, 11) is 0. The van der Waals surface area contributed by atoms with Crippen LogP contribution in [0.25, 0.3) is 11.2 Å². The average Bonchev–Trinajstić information content (AvgIpc) is 2.75. The number of aromatic nitrogens is 4. The van der Waals surface area contributed by atoms with Gasteiger partial charge >= 0.3 is 11.9 Å². The van der Waals surface area contributed by atoms with Gasteiger partial charge in [-0.2, -0.15) is 9.97 Å². The zero-order valence-electron chi connectivity index (χ0n) is 18.6. The fraction of sp³-hybridized carbons (Fsp3) is 0.211. The summed E-state index contributed by atoms with van der Waals surface area (Å²) in [5, 5.41) is 23.3. The zero-order chi connectivity index (χ0) is 23.3. The summed E-state index contributed by atoms with van der Waals surface area (Å²) in [5.41, 5.74) is 13.4. The molecule has 0 aliphatic carbocycles. The Morgan fingerprint density at radius 3 is 2.29 bits per heavy atom. The van der Waals surface area contributed by atoms with Crippen LogP contribution < -0.4 is 22.1 Å². The fourth-order valence-corrected chi connectivity index (χ4v) is 2.77. The molecule has 2 heterocycles. The summed E-state index contributed by atoms with van der Waals surface area (Å²) in [5.74, 6) is -2.93. The molecule has 8 N–H and O–H groups in total. The first-order chi connectivity index (χ1) is 15.2. The number of carboxylic acids is 2. The number of fused-ring (bicyclic) bond motifs is 1. The summed E-state index contributed by atoms with van der Waals surface area (Å²) in [6, 6.07) is 4.99. The molecule has 3 aromatic rings. The molecule has 1 atom stereocenters. The molecule has 168 valence electrons. The number of anilines is 3. The first-order valence-electron chi connectivity index (χ1n) is 9.37. The van der Waals surface area contributed by atoms with Crippen molar-refractivity contribution in [3.63, 3.8) is 0 Å². The third kappa shape index (κ3) is 8.04. The van der Waals surface area contributed by atoms with Crippen LogP contribution in [0.1, 0.15) is 28.9 Å². The minimum absolute atomic E-state index is 0. The number of amides is 1. The minimum Gasteiger partial charge on any atom is -0.481 e. The largest absolute Gasteiger partial charge is 0.481 e. The van der Waals surface area contributed by atoms with Gasteiger partial charge in [-0.05, 0) is 30.7 Å². The molecule has 0 saturated heterocycles. The van der Waals surface area contributed by atoms with E-state index in [0.717, 1.165) is 0 Å². The molecule has 3 rings (SSSR count). The van der Waals surface area contributed by atoms with Gasteiger partial charge in [-0.25, -0.2) is 14.8 Å². The third-order valence-electron chi connectivity index (χ3n) is 4.37. The SMILES string of the molecule is Nc1nc(N)c2nc(CNc3ccc(C(=O)N[C@@H](CCC(=O)O)C(=O)O)cc3)cnc2n1.[Na].[Na]. The Labute approximate surface area is 237 Å². The molecule has 1 aromatic carbocycles. The quantitative estimate of drug-likeness (QED) is 0.210. The molecule has 34 heavy (non-hydrogen) atoms. The Hall–Kier alpha value is -2.55. The van der Waals surface area contributed by atoms with Crippen molar-refractivity contribution in [2.24, 2.45) is 0 Å². The molecule has 1 amide bonds. The molecule has 15 heteroatoms. The summed E-state index contributed by atoms with van der Waals surface area (Å²) < 4.78 is 0. The van der Waals surface area contributed by atoms with Crippen LogP contribution in [-0.4, -0.2) is 113 Å². The number of benzene rings is 1. The van der Waals surface area contributed by atoms with Crippen molar-refractivity contribution >= 4 is 106 Å². The molecule has 0 spiro atoms. The maximum atomic E-state index is 12.3. The molecular formula is C19H20N8Na2O5. The van der Waals surface area contributed by atoms with E-state index in [1.807, 2.05) is 0 Å². The van der Waals surface area contributed by atoms with Crippen LogP contribution in [0.4, 0.5) is 17.5 Å². The van der Waals surface area contributed by atoms with E-state index >= 15 is 0 Å². The van der Waals surface area contributed by atoms with Crippen molar-refractivity contribution in [3.05, 3.63) is 41.7 Å². The number of nitrogens with zero attached hydrogens (tertiary/aromatic N) is 4. The molecule has 2 aromatic heterocycles. The number of aliphatic carboxylic acids is 2. The molecule has 0 aliphatic heterocycles. The van der Waals surface area contributed by atoms with Crippen LogP contribution in [0.5, 0.6) is 0 Å². The Morgan fingerprint density at radius 2 is 1.68 bits per heavy atom. The van der Waals surface area contributed by atoms with E-state index < -0.39 is 23.9 Å². The number of carbonyl (C=O) groups excluding carboxylic acids is 1. The summed E-state index contributed by atoms with van der Waals surface area (Å²) in [4.78, 5) is 50.5. The van der Waals surface area contributed by atoms with Gasteiger partial charge in [0, 0.05) is 76.8 Å². The van der Waals surface area contributed by atoms with Crippen LogP contribution in [0.2, 0.25) is 0 Å². The molecule has 2 radical (unpaired) electrons. The summed E-state index contributed by atoms with van der Waals surface area (Å²) in [6.07, 6.45) is 0.931. The van der Waals surface area contributed by atoms with Crippen molar-refractivity contribution in [3.8, 4) is 0 Å². The van der Waals surface area contributed by atoms with Gasteiger partial charge in [0.15, 0.2) is 17.0 Å². The molecular weight excluding hydrogens is 466 g/mol. The smallest absolute Gasteiger partial charge is 0.326 e. The third-order valence-corrected chi connectivity index (χ3v) is 4.37. The zero-order valence-corrected chi connectivity index (χ0v) is 22.6. The van der Waals surface area contributed by atoms with E-state index in [4.69, 9.17) is 21.7 Å². The van der Waals surface area contributed by atoms with E-state index in [2.05, 4.69) is 30.6 Å². The van der Waals surface area contributed by atoms with Crippen LogP contribution >= 0.6 is 0 Å². The maximum Gasteiger partial charge on any atom is 0.326 e. The van der Waals surface area contributed by atoms with Crippen molar-refractivity contribution in [1.29, 1.82) is 0 Å². The second-order valence-corrected chi connectivity index (χ2v) is 6.73. The van der Waals surface area contributed by atoms with Crippen molar-refractivity contribution in [1.82, 2.24) is 25.3 Å². The second kappa shape index (κ2) is 13.4. The first kappa shape index (κ1) is 29.5. The normalized spacial score (nSPS) is 10.9. The van der Waals surface area contributed by atoms with Crippen LogP contribution in [0, 0.1) is 0 Å². The summed E-state index contributed by atoms with van der Waals surface area (Å²) >= 11 is 0. The number of nitrogen functional groups attached to an aromatic ring is 2. The van der Waals surface area contributed by atoms with Gasteiger partial charge in [0.05, 0.1) is 18.4 Å². The topological polar surface area (TPSA) is 219 Å². The number of carboxylic acid groups (broad SMARTS) is 2. The van der Waals surface area contributed by atoms with Gasteiger partial charge in [-0.15, -0.1) is 0 Å². The number of rotatable bonds is 9. The predicted molar refractivity (Wildman–Crippen MR) is 125 cm³/mol. The van der Waals surface area contributed by atoms with Crippen LogP contribution in [0.3, 0.4) is 0 Å². The van der Waals surface area contributed by atoms with Crippen molar-refractivity contribution < 1.29 is 24.6 Å². The second-order valence-electron chi connectivity index (χ2n) is 6.73. The van der Waals surface area contributed by atoms with E-state index in [1.54, 1.807) is 12.1 Å². The Kier molecular flexibility index (Phi) is 11.6. The van der Waals surface area contributed by atoms with Crippen LogP contribution in [-0.2, 0) is 16.1 Å². The van der Waals surface area contributed by atoms with E-state index in [-0.39, 0.29) is 94.9 Å². The Bertz CT molecular complexity index is 1180. The van der Waals surface area contributed by atoms with Gasteiger partial charge < -0.3 is 32.3 Å². The van der Waals surface area contributed by atoms with Gasteiger partial charge in [-0.1, -0.05) is 0 Å². The van der Waals surface area contributed by atoms with Gasteiger partial charge in [0.2, 0.25) is 5.95 Å². The fourth-order valence-electron chi connectivity index (χ4n) is 2.77. The average molecular weight is 486 g/mol. The standard InChI is InChI=1S/C19H20N8O5.2Na/c20-15-14-16(27-19(21)26-15)23-8-11(24-14)7-22-10-3-1-9(2-4-10)17(30)25-12(18(31)32)5-6-13(28)29;;/h1-4,8,12,22H,5-7H2,(H,25,30)(H,28,29)(H,31,32)(H4,20,21,23,26,27);;/t12-;;/m0../s1.